The van der Waals surface area contributed by atoms with E-state index in [1.807, 2.05) is 6.07 Å². The van der Waals surface area contributed by atoms with E-state index in [-0.39, 0.29) is 5.69 Å². The molecule has 74 valence electrons. The summed E-state index contributed by atoms with van der Waals surface area (Å²) < 4.78 is 1.57. The van der Waals surface area contributed by atoms with Crippen LogP contribution in [0.1, 0.15) is 16.1 Å². The molecule has 1 N–H and O–H groups in total. The zero-order chi connectivity index (χ0) is 11.0. The van der Waals surface area contributed by atoms with E-state index in [1.54, 1.807) is 35.9 Å². The lowest BCUT2D eigenvalue weighted by Gasteiger charge is -1.98. The Morgan fingerprint density at radius 2 is 2.20 bits per heavy atom. The van der Waals surface area contributed by atoms with Gasteiger partial charge in [0.15, 0.2) is 0 Å². The molecule has 1 aromatic heterocycles. The fourth-order valence-electron chi connectivity index (χ4n) is 1.60. The Hall–Kier alpha value is -2.28. The first-order valence-electron chi connectivity index (χ1n) is 4.36. The normalized spacial score (nSPS) is 10.1. The standard InChI is InChI=1S/C11H8N2O2/c1-13-9-4-7(6-12)2-3-8(9)5-10(13)11(14)15/h2-5H,1H3,(H,14,15). The largest absolute Gasteiger partial charge is 0.477 e. The lowest BCUT2D eigenvalue weighted by Crippen LogP contribution is -2.03. The lowest BCUT2D eigenvalue weighted by molar-refractivity contribution is 0.0687. The minimum atomic E-state index is -0.966. The number of hydrogen-bond acceptors (Lipinski definition) is 2. The number of aryl methyl sites for hydroxylation is 1. The van der Waals surface area contributed by atoms with Crippen molar-refractivity contribution in [3.8, 4) is 6.07 Å². The van der Waals surface area contributed by atoms with Gasteiger partial charge in [0.1, 0.15) is 5.69 Å². The topological polar surface area (TPSA) is 66.0 Å². The van der Waals surface area contributed by atoms with Crippen molar-refractivity contribution in [1.82, 2.24) is 4.57 Å². The molecule has 4 heteroatoms. The fraction of sp³-hybridized carbons (Fsp3) is 0.0909. The van der Waals surface area contributed by atoms with Crippen LogP contribution >= 0.6 is 0 Å². The molecule has 2 rings (SSSR count). The summed E-state index contributed by atoms with van der Waals surface area (Å²) in [4.78, 5) is 10.9. The van der Waals surface area contributed by atoms with Crippen LogP contribution < -0.4 is 0 Å². The minimum absolute atomic E-state index is 0.222. The molecule has 2 aromatic rings. The highest BCUT2D eigenvalue weighted by Crippen LogP contribution is 2.19. The van der Waals surface area contributed by atoms with Crippen molar-refractivity contribution >= 4 is 16.9 Å². The number of nitriles is 1. The number of hydrogen-bond donors (Lipinski definition) is 1. The molecule has 4 nitrogen and oxygen atoms in total. The quantitative estimate of drug-likeness (QED) is 0.762. The highest BCUT2D eigenvalue weighted by molar-refractivity contribution is 5.94. The minimum Gasteiger partial charge on any atom is -0.477 e. The number of carboxylic acids is 1. The van der Waals surface area contributed by atoms with Crippen LogP contribution in [0, 0.1) is 11.3 Å². The Morgan fingerprint density at radius 3 is 2.80 bits per heavy atom. The number of fused-ring (bicyclic) bond motifs is 1. The van der Waals surface area contributed by atoms with E-state index in [0.29, 0.717) is 5.56 Å². The molecule has 1 aromatic carbocycles. The van der Waals surface area contributed by atoms with Gasteiger partial charge in [-0.25, -0.2) is 4.79 Å². The SMILES string of the molecule is Cn1c(C(=O)O)cc2ccc(C#N)cc21. The number of nitrogens with zero attached hydrogens (tertiary/aromatic N) is 2. The molecule has 0 bridgehead atoms. The van der Waals surface area contributed by atoms with E-state index >= 15 is 0 Å². The van der Waals surface area contributed by atoms with E-state index in [9.17, 15) is 4.79 Å². The van der Waals surface area contributed by atoms with Crippen molar-refractivity contribution in [1.29, 1.82) is 5.26 Å². The first-order chi connectivity index (χ1) is 7.13. The second kappa shape index (κ2) is 3.14. The van der Waals surface area contributed by atoms with Crippen LogP contribution in [-0.4, -0.2) is 15.6 Å². The molecule has 0 saturated heterocycles. The summed E-state index contributed by atoms with van der Waals surface area (Å²) in [6.45, 7) is 0. The van der Waals surface area contributed by atoms with Gasteiger partial charge < -0.3 is 9.67 Å². The Labute approximate surface area is 86.0 Å². The van der Waals surface area contributed by atoms with Gasteiger partial charge in [-0.3, -0.25) is 0 Å². The maximum absolute atomic E-state index is 10.9. The number of benzene rings is 1. The van der Waals surface area contributed by atoms with Crippen molar-refractivity contribution in [2.75, 3.05) is 0 Å². The summed E-state index contributed by atoms with van der Waals surface area (Å²) in [5, 5.41) is 18.5. The number of rotatable bonds is 1. The summed E-state index contributed by atoms with van der Waals surface area (Å²) in [5.74, 6) is -0.966. The van der Waals surface area contributed by atoms with Crippen LogP contribution in [0.3, 0.4) is 0 Å². The number of carbonyl (C=O) groups is 1. The smallest absolute Gasteiger partial charge is 0.352 e. The van der Waals surface area contributed by atoms with Gasteiger partial charge in [0.2, 0.25) is 0 Å². The van der Waals surface area contributed by atoms with Gasteiger partial charge in [-0.2, -0.15) is 5.26 Å². The second-order valence-corrected chi connectivity index (χ2v) is 3.28. The van der Waals surface area contributed by atoms with Crippen LogP contribution in [-0.2, 0) is 7.05 Å². The summed E-state index contributed by atoms with van der Waals surface area (Å²) in [6.07, 6.45) is 0. The third-order valence-corrected chi connectivity index (χ3v) is 2.39. The second-order valence-electron chi connectivity index (χ2n) is 3.28. The molecule has 0 aliphatic rings. The molecule has 1 heterocycles. The average molecular weight is 200 g/mol. The summed E-state index contributed by atoms with van der Waals surface area (Å²) >= 11 is 0. The van der Waals surface area contributed by atoms with Crippen LogP contribution in [0.4, 0.5) is 0 Å². The van der Waals surface area contributed by atoms with E-state index < -0.39 is 5.97 Å². The van der Waals surface area contributed by atoms with Gasteiger partial charge >= 0.3 is 5.97 Å². The van der Waals surface area contributed by atoms with Gasteiger partial charge in [-0.1, -0.05) is 6.07 Å². The Bertz CT molecular complexity index is 590. The van der Waals surface area contributed by atoms with Crippen LogP contribution in [0.5, 0.6) is 0 Å². The van der Waals surface area contributed by atoms with Crippen molar-refractivity contribution in [3.63, 3.8) is 0 Å². The molecule has 0 radical (unpaired) electrons. The number of aromatic carboxylic acids is 1. The highest BCUT2D eigenvalue weighted by Gasteiger charge is 2.11. The molecule has 0 spiro atoms. The molecule has 0 aliphatic heterocycles. The zero-order valence-electron chi connectivity index (χ0n) is 8.06. The van der Waals surface area contributed by atoms with E-state index in [2.05, 4.69) is 0 Å². The van der Waals surface area contributed by atoms with Crippen LogP contribution in [0.25, 0.3) is 10.9 Å². The number of carboxylic acid groups (broad SMARTS) is 1. The summed E-state index contributed by atoms with van der Waals surface area (Å²) in [7, 11) is 1.67. The molecule has 0 amide bonds. The lowest BCUT2D eigenvalue weighted by atomic mass is 10.2. The number of aromatic nitrogens is 1. The molecule has 0 saturated carbocycles. The van der Waals surface area contributed by atoms with Gasteiger partial charge in [-0.15, -0.1) is 0 Å². The van der Waals surface area contributed by atoms with Gasteiger partial charge in [0.25, 0.3) is 0 Å². The Balaban J connectivity index is 2.79. The Morgan fingerprint density at radius 1 is 1.47 bits per heavy atom. The van der Waals surface area contributed by atoms with Crippen LogP contribution in [0.2, 0.25) is 0 Å². The van der Waals surface area contributed by atoms with E-state index in [0.717, 1.165) is 10.9 Å². The monoisotopic (exact) mass is 200 g/mol. The molecular weight excluding hydrogens is 192 g/mol. The van der Waals surface area contributed by atoms with Crippen molar-refractivity contribution in [2.24, 2.45) is 7.05 Å². The molecule has 0 fully saturated rings. The fourth-order valence-corrected chi connectivity index (χ4v) is 1.60. The Kier molecular flexibility index (Phi) is 1.94. The summed E-state index contributed by atoms with van der Waals surface area (Å²) in [6, 6.07) is 8.73. The predicted molar refractivity (Wildman–Crippen MR) is 54.6 cm³/mol. The third-order valence-electron chi connectivity index (χ3n) is 2.39. The maximum Gasteiger partial charge on any atom is 0.352 e. The summed E-state index contributed by atoms with van der Waals surface area (Å²) in [5.41, 5.74) is 1.51. The van der Waals surface area contributed by atoms with Gasteiger partial charge in [0, 0.05) is 18.0 Å². The average Bonchev–Trinajstić information content (AvgIpc) is 2.56. The van der Waals surface area contributed by atoms with E-state index in [4.69, 9.17) is 10.4 Å². The van der Waals surface area contributed by atoms with E-state index in [1.165, 1.54) is 0 Å². The van der Waals surface area contributed by atoms with Gasteiger partial charge in [0.05, 0.1) is 11.6 Å². The van der Waals surface area contributed by atoms with Crippen LogP contribution in [0.15, 0.2) is 24.3 Å². The van der Waals surface area contributed by atoms with Crippen molar-refractivity contribution < 1.29 is 9.90 Å². The van der Waals surface area contributed by atoms with Gasteiger partial charge in [-0.05, 0) is 18.2 Å². The molecule has 0 atom stereocenters. The van der Waals surface area contributed by atoms with Crippen molar-refractivity contribution in [3.05, 3.63) is 35.5 Å². The first kappa shape index (κ1) is 9.28. The zero-order valence-corrected chi connectivity index (χ0v) is 8.06. The molecule has 0 unspecified atom stereocenters. The van der Waals surface area contributed by atoms with Crippen molar-refractivity contribution in [2.45, 2.75) is 0 Å². The predicted octanol–water partition coefficient (Wildman–Crippen LogP) is 1.75. The highest BCUT2D eigenvalue weighted by atomic mass is 16.4. The molecular formula is C11H8N2O2. The maximum atomic E-state index is 10.9. The molecule has 0 aliphatic carbocycles. The molecule has 15 heavy (non-hydrogen) atoms. The first-order valence-corrected chi connectivity index (χ1v) is 4.36. The third kappa shape index (κ3) is 1.34.